The molecule has 6 nitrogen and oxygen atoms in total. The van der Waals surface area contributed by atoms with Gasteiger partial charge in [0.05, 0.1) is 25.3 Å². The molecule has 0 bridgehead atoms. The van der Waals surface area contributed by atoms with Gasteiger partial charge in [-0.15, -0.1) is 0 Å². The number of sulfone groups is 1. The molecule has 0 spiro atoms. The molecule has 1 unspecified atom stereocenters. The number of nitrogens with zero attached hydrogens (tertiary/aromatic N) is 2. The third-order valence-corrected chi connectivity index (χ3v) is 3.25. The molecule has 1 atom stereocenters. The van der Waals surface area contributed by atoms with Crippen LogP contribution in [0.3, 0.4) is 0 Å². The molecule has 1 aromatic rings. The van der Waals surface area contributed by atoms with Crippen molar-refractivity contribution in [3.8, 4) is 0 Å². The largest absolute Gasteiger partial charge is 0.466 e. The minimum Gasteiger partial charge on any atom is -0.466 e. The molecule has 1 rings (SSSR count). The van der Waals surface area contributed by atoms with Crippen LogP contribution < -0.4 is 0 Å². The van der Waals surface area contributed by atoms with Gasteiger partial charge in [-0.3, -0.25) is 9.48 Å². The lowest BCUT2D eigenvalue weighted by molar-refractivity contribution is -0.147. The number of carbonyl (C=O) groups is 1. The van der Waals surface area contributed by atoms with Crippen molar-refractivity contribution in [2.24, 2.45) is 5.92 Å². The highest BCUT2D eigenvalue weighted by Crippen LogP contribution is 2.09. The maximum Gasteiger partial charge on any atom is 0.310 e. The van der Waals surface area contributed by atoms with Gasteiger partial charge in [0.1, 0.15) is 4.90 Å². The van der Waals surface area contributed by atoms with Crippen LogP contribution in [0.4, 0.5) is 0 Å². The van der Waals surface area contributed by atoms with Gasteiger partial charge < -0.3 is 4.74 Å². The second kappa shape index (κ2) is 5.31. The van der Waals surface area contributed by atoms with Gasteiger partial charge in [-0.1, -0.05) is 6.92 Å². The Labute approximate surface area is 100 Å². The highest BCUT2D eigenvalue weighted by Gasteiger charge is 2.16. The van der Waals surface area contributed by atoms with Crippen LogP contribution in [0.2, 0.25) is 0 Å². The first-order valence-electron chi connectivity index (χ1n) is 5.23. The monoisotopic (exact) mass is 260 g/mol. The Hall–Kier alpha value is -1.37. The van der Waals surface area contributed by atoms with Gasteiger partial charge in [-0.2, -0.15) is 5.10 Å². The Balaban J connectivity index is 2.70. The van der Waals surface area contributed by atoms with E-state index in [1.54, 1.807) is 13.8 Å². The van der Waals surface area contributed by atoms with Crippen LogP contribution in [-0.2, 0) is 25.9 Å². The second-order valence-electron chi connectivity index (χ2n) is 3.82. The van der Waals surface area contributed by atoms with Gasteiger partial charge in [0.25, 0.3) is 0 Å². The van der Waals surface area contributed by atoms with E-state index in [4.69, 9.17) is 4.74 Å². The third kappa shape index (κ3) is 3.85. The summed E-state index contributed by atoms with van der Waals surface area (Å²) in [7, 11) is -3.25. The Morgan fingerprint density at radius 1 is 1.59 bits per heavy atom. The van der Waals surface area contributed by atoms with Crippen molar-refractivity contribution < 1.29 is 17.9 Å². The first kappa shape index (κ1) is 13.7. The predicted molar refractivity (Wildman–Crippen MR) is 61.1 cm³/mol. The van der Waals surface area contributed by atoms with Crippen LogP contribution in [-0.4, -0.2) is 37.0 Å². The van der Waals surface area contributed by atoms with E-state index in [-0.39, 0.29) is 16.8 Å². The summed E-state index contributed by atoms with van der Waals surface area (Å²) >= 11 is 0. The topological polar surface area (TPSA) is 78.3 Å². The van der Waals surface area contributed by atoms with Crippen molar-refractivity contribution in [1.29, 1.82) is 0 Å². The lowest BCUT2D eigenvalue weighted by Crippen LogP contribution is -2.20. The summed E-state index contributed by atoms with van der Waals surface area (Å²) in [5.74, 6) is -0.675. The zero-order valence-corrected chi connectivity index (χ0v) is 10.9. The zero-order valence-electron chi connectivity index (χ0n) is 10.1. The van der Waals surface area contributed by atoms with Gasteiger partial charge in [0, 0.05) is 12.5 Å². The average Bonchev–Trinajstić information content (AvgIpc) is 2.66. The first-order valence-corrected chi connectivity index (χ1v) is 7.13. The summed E-state index contributed by atoms with van der Waals surface area (Å²) in [6, 6.07) is 0. The van der Waals surface area contributed by atoms with E-state index in [2.05, 4.69) is 5.10 Å². The van der Waals surface area contributed by atoms with E-state index in [0.717, 1.165) is 6.26 Å². The minimum absolute atomic E-state index is 0.147. The molecule has 0 saturated carbocycles. The fourth-order valence-corrected chi connectivity index (χ4v) is 1.83. The number of aromatic nitrogens is 2. The number of carbonyl (C=O) groups excluding carboxylic acids is 1. The summed E-state index contributed by atoms with van der Waals surface area (Å²) < 4.78 is 28.7. The van der Waals surface area contributed by atoms with Crippen molar-refractivity contribution >= 4 is 15.8 Å². The molecule has 0 aliphatic rings. The van der Waals surface area contributed by atoms with Crippen molar-refractivity contribution in [2.75, 3.05) is 12.9 Å². The molecular weight excluding hydrogens is 244 g/mol. The standard InChI is InChI=1S/C10H16N2O4S/c1-4-16-10(13)8(2)6-12-7-9(5-11-12)17(3,14)15/h5,7-8H,4,6H2,1-3H3. The summed E-state index contributed by atoms with van der Waals surface area (Å²) in [5.41, 5.74) is 0. The molecule has 0 aliphatic heterocycles. The Morgan fingerprint density at radius 3 is 2.71 bits per heavy atom. The Bertz CT molecular complexity index is 492. The van der Waals surface area contributed by atoms with Gasteiger partial charge in [-0.05, 0) is 6.92 Å². The van der Waals surface area contributed by atoms with E-state index in [1.807, 2.05) is 0 Å². The highest BCUT2D eigenvalue weighted by molar-refractivity contribution is 7.90. The molecule has 17 heavy (non-hydrogen) atoms. The van der Waals surface area contributed by atoms with Crippen molar-refractivity contribution in [3.05, 3.63) is 12.4 Å². The summed E-state index contributed by atoms with van der Waals surface area (Å²) in [4.78, 5) is 11.5. The van der Waals surface area contributed by atoms with Crippen LogP contribution in [0.15, 0.2) is 17.3 Å². The third-order valence-electron chi connectivity index (χ3n) is 2.19. The van der Waals surface area contributed by atoms with E-state index in [9.17, 15) is 13.2 Å². The SMILES string of the molecule is CCOC(=O)C(C)Cn1cc(S(C)(=O)=O)cn1. The van der Waals surface area contributed by atoms with Crippen LogP contribution >= 0.6 is 0 Å². The molecule has 96 valence electrons. The van der Waals surface area contributed by atoms with E-state index < -0.39 is 9.84 Å². The molecule has 1 aromatic heterocycles. The normalized spacial score (nSPS) is 13.4. The Kier molecular flexibility index (Phi) is 4.28. The predicted octanol–water partition coefficient (Wildman–Crippen LogP) is 0.486. The summed E-state index contributed by atoms with van der Waals surface area (Å²) in [6.45, 7) is 4.07. The van der Waals surface area contributed by atoms with Crippen LogP contribution in [0.5, 0.6) is 0 Å². The molecular formula is C10H16N2O4S. The number of esters is 1. The number of hydrogen-bond donors (Lipinski definition) is 0. The zero-order chi connectivity index (χ0) is 13.1. The van der Waals surface area contributed by atoms with Crippen molar-refractivity contribution in [2.45, 2.75) is 25.3 Å². The number of rotatable bonds is 5. The molecule has 0 amide bonds. The van der Waals surface area contributed by atoms with Crippen molar-refractivity contribution in [3.63, 3.8) is 0 Å². The van der Waals surface area contributed by atoms with Gasteiger partial charge in [-0.25, -0.2) is 8.42 Å². The molecule has 1 heterocycles. The maximum atomic E-state index is 11.4. The Morgan fingerprint density at radius 2 is 2.24 bits per heavy atom. The van der Waals surface area contributed by atoms with Crippen LogP contribution in [0, 0.1) is 5.92 Å². The van der Waals surface area contributed by atoms with Gasteiger partial charge in [0.2, 0.25) is 0 Å². The quantitative estimate of drug-likeness (QED) is 0.720. The average molecular weight is 260 g/mol. The van der Waals surface area contributed by atoms with Crippen LogP contribution in [0.25, 0.3) is 0 Å². The highest BCUT2D eigenvalue weighted by atomic mass is 32.2. The van der Waals surface area contributed by atoms with Crippen LogP contribution in [0.1, 0.15) is 13.8 Å². The lowest BCUT2D eigenvalue weighted by atomic mass is 10.2. The lowest BCUT2D eigenvalue weighted by Gasteiger charge is -2.09. The first-order chi connectivity index (χ1) is 7.84. The second-order valence-corrected chi connectivity index (χ2v) is 5.84. The molecule has 0 N–H and O–H groups in total. The molecule has 0 radical (unpaired) electrons. The van der Waals surface area contributed by atoms with E-state index in [0.29, 0.717) is 13.2 Å². The fourth-order valence-electron chi connectivity index (χ4n) is 1.28. The number of ether oxygens (including phenoxy) is 1. The molecule has 0 fully saturated rings. The molecule has 7 heteroatoms. The molecule has 0 saturated heterocycles. The van der Waals surface area contributed by atoms with E-state index >= 15 is 0 Å². The summed E-state index contributed by atoms with van der Waals surface area (Å²) in [5, 5.41) is 3.89. The summed E-state index contributed by atoms with van der Waals surface area (Å²) in [6.07, 6.45) is 3.79. The smallest absolute Gasteiger partial charge is 0.310 e. The molecule has 0 aliphatic carbocycles. The maximum absolute atomic E-state index is 11.4. The van der Waals surface area contributed by atoms with Gasteiger partial charge in [0.15, 0.2) is 9.84 Å². The minimum atomic E-state index is -3.25. The fraction of sp³-hybridized carbons (Fsp3) is 0.600. The van der Waals surface area contributed by atoms with Crippen molar-refractivity contribution in [1.82, 2.24) is 9.78 Å². The molecule has 0 aromatic carbocycles. The van der Waals surface area contributed by atoms with E-state index in [1.165, 1.54) is 17.1 Å². The van der Waals surface area contributed by atoms with Gasteiger partial charge >= 0.3 is 5.97 Å². The number of hydrogen-bond acceptors (Lipinski definition) is 5.